The van der Waals surface area contributed by atoms with Crippen molar-refractivity contribution in [3.8, 4) is 0 Å². The van der Waals surface area contributed by atoms with Gasteiger partial charge in [0.25, 0.3) is 0 Å². The first-order valence-electron chi connectivity index (χ1n) is 4.67. The summed E-state index contributed by atoms with van der Waals surface area (Å²) in [6.07, 6.45) is 0. The Morgan fingerprint density at radius 1 is 1.29 bits per heavy atom. The highest BCUT2D eigenvalue weighted by Gasteiger charge is 2.06. The number of carbonyl (C=O) groups is 1. The molecule has 0 amide bonds. The maximum atomic E-state index is 10.2. The van der Waals surface area contributed by atoms with Gasteiger partial charge in [0.15, 0.2) is 0 Å². The normalized spacial score (nSPS) is 7.79. The third kappa shape index (κ3) is 5.37. The molecule has 0 spiro atoms. The SMILES string of the molecule is CC.CC.O=C(O)c1ccc(CO)o1. The maximum Gasteiger partial charge on any atom is 0.371 e. The van der Waals surface area contributed by atoms with Crippen molar-refractivity contribution in [2.24, 2.45) is 0 Å². The molecule has 0 unspecified atom stereocenters. The molecule has 1 aromatic rings. The van der Waals surface area contributed by atoms with Gasteiger partial charge < -0.3 is 14.6 Å². The standard InChI is InChI=1S/C6H6O4.2C2H6/c7-3-4-1-2-5(10-4)6(8)9;2*1-2/h1-2,7H,3H2,(H,8,9);2*1-2H3. The van der Waals surface area contributed by atoms with E-state index in [1.807, 2.05) is 27.7 Å². The van der Waals surface area contributed by atoms with Crippen LogP contribution in [0.3, 0.4) is 0 Å². The minimum absolute atomic E-state index is 0.149. The molecule has 4 nitrogen and oxygen atoms in total. The number of hydrogen-bond donors (Lipinski definition) is 2. The van der Waals surface area contributed by atoms with Crippen LogP contribution in [-0.4, -0.2) is 16.2 Å². The zero-order valence-electron chi connectivity index (χ0n) is 9.07. The van der Waals surface area contributed by atoms with E-state index in [1.54, 1.807) is 0 Å². The van der Waals surface area contributed by atoms with Crippen molar-refractivity contribution in [1.29, 1.82) is 0 Å². The van der Waals surface area contributed by atoms with Gasteiger partial charge in [0.05, 0.1) is 0 Å². The lowest BCUT2D eigenvalue weighted by molar-refractivity contribution is 0.0657. The summed E-state index contributed by atoms with van der Waals surface area (Å²) in [7, 11) is 0. The minimum atomic E-state index is -1.13. The molecule has 4 heteroatoms. The van der Waals surface area contributed by atoms with Crippen LogP contribution in [0.4, 0.5) is 0 Å². The Balaban J connectivity index is 0. The number of aliphatic hydroxyl groups is 1. The fourth-order valence-corrected chi connectivity index (χ4v) is 0.578. The number of hydrogen-bond acceptors (Lipinski definition) is 3. The minimum Gasteiger partial charge on any atom is -0.475 e. The van der Waals surface area contributed by atoms with Crippen molar-refractivity contribution in [3.63, 3.8) is 0 Å². The third-order valence-corrected chi connectivity index (χ3v) is 1.03. The fourth-order valence-electron chi connectivity index (χ4n) is 0.578. The van der Waals surface area contributed by atoms with E-state index in [9.17, 15) is 4.79 Å². The molecule has 0 saturated heterocycles. The second-order valence-corrected chi connectivity index (χ2v) is 1.73. The van der Waals surface area contributed by atoms with Crippen LogP contribution in [0.15, 0.2) is 16.5 Å². The lowest BCUT2D eigenvalue weighted by atomic mass is 10.4. The Labute approximate surface area is 84.2 Å². The second kappa shape index (κ2) is 9.80. The van der Waals surface area contributed by atoms with E-state index in [2.05, 4.69) is 4.42 Å². The molecule has 0 aliphatic heterocycles. The van der Waals surface area contributed by atoms with E-state index in [0.717, 1.165) is 0 Å². The topological polar surface area (TPSA) is 70.7 Å². The lowest BCUT2D eigenvalue weighted by Crippen LogP contribution is -1.91. The molecule has 0 aliphatic carbocycles. The van der Waals surface area contributed by atoms with Crippen molar-refractivity contribution >= 4 is 5.97 Å². The molecule has 2 N–H and O–H groups in total. The van der Waals surface area contributed by atoms with E-state index in [4.69, 9.17) is 10.2 Å². The highest BCUT2D eigenvalue weighted by molar-refractivity contribution is 5.84. The molecular formula is C10H18O4. The molecule has 0 atom stereocenters. The molecule has 0 fully saturated rings. The zero-order chi connectivity index (χ0) is 11.6. The van der Waals surface area contributed by atoms with Gasteiger partial charge in [-0.25, -0.2) is 4.79 Å². The first-order chi connectivity index (χ1) is 6.74. The summed E-state index contributed by atoms with van der Waals surface area (Å²) in [5.41, 5.74) is 0. The van der Waals surface area contributed by atoms with Crippen LogP contribution in [0, 0.1) is 0 Å². The molecule has 0 radical (unpaired) electrons. The maximum absolute atomic E-state index is 10.2. The first kappa shape index (κ1) is 15.2. The van der Waals surface area contributed by atoms with Gasteiger partial charge in [-0.2, -0.15) is 0 Å². The molecule has 1 rings (SSSR count). The number of carboxylic acids is 1. The zero-order valence-corrected chi connectivity index (χ0v) is 9.07. The molecule has 82 valence electrons. The Bertz CT molecular complexity index is 240. The Hall–Kier alpha value is -1.29. The molecule has 0 bridgehead atoms. The van der Waals surface area contributed by atoms with E-state index in [1.165, 1.54) is 12.1 Å². The third-order valence-electron chi connectivity index (χ3n) is 1.03. The van der Waals surface area contributed by atoms with E-state index >= 15 is 0 Å². The molecule has 0 saturated carbocycles. The van der Waals surface area contributed by atoms with E-state index < -0.39 is 5.97 Å². The van der Waals surface area contributed by atoms with Crippen molar-refractivity contribution in [2.45, 2.75) is 34.3 Å². The fraction of sp³-hybridized carbons (Fsp3) is 0.500. The van der Waals surface area contributed by atoms with Crippen LogP contribution in [0.25, 0.3) is 0 Å². The van der Waals surface area contributed by atoms with Crippen LogP contribution in [0.5, 0.6) is 0 Å². The molecule has 0 aromatic carbocycles. The van der Waals surface area contributed by atoms with Gasteiger partial charge in [-0.05, 0) is 12.1 Å². The number of furan rings is 1. The average Bonchev–Trinajstić information content (AvgIpc) is 2.72. The molecule has 1 heterocycles. The highest BCUT2D eigenvalue weighted by Crippen LogP contribution is 2.06. The number of carboxylic acid groups (broad SMARTS) is 1. The first-order valence-corrected chi connectivity index (χ1v) is 4.67. The van der Waals surface area contributed by atoms with Gasteiger partial charge in [0, 0.05) is 0 Å². The van der Waals surface area contributed by atoms with Crippen LogP contribution in [0.2, 0.25) is 0 Å². The van der Waals surface area contributed by atoms with Crippen molar-refractivity contribution < 1.29 is 19.4 Å². The predicted molar refractivity (Wildman–Crippen MR) is 54.3 cm³/mol. The summed E-state index contributed by atoms with van der Waals surface area (Å²) in [6, 6.07) is 2.72. The lowest BCUT2D eigenvalue weighted by Gasteiger charge is -1.85. The summed E-state index contributed by atoms with van der Waals surface area (Å²) < 4.78 is 4.64. The largest absolute Gasteiger partial charge is 0.475 e. The van der Waals surface area contributed by atoms with Gasteiger partial charge in [0.1, 0.15) is 12.4 Å². The monoisotopic (exact) mass is 202 g/mol. The highest BCUT2D eigenvalue weighted by atomic mass is 16.4. The van der Waals surface area contributed by atoms with Crippen molar-refractivity contribution in [3.05, 3.63) is 23.7 Å². The van der Waals surface area contributed by atoms with Gasteiger partial charge in [0.2, 0.25) is 5.76 Å². The summed E-state index contributed by atoms with van der Waals surface area (Å²) in [5, 5.41) is 16.8. The summed E-state index contributed by atoms with van der Waals surface area (Å²) in [6.45, 7) is 7.73. The Morgan fingerprint density at radius 3 is 2.00 bits per heavy atom. The number of aliphatic hydroxyl groups excluding tert-OH is 1. The van der Waals surface area contributed by atoms with Gasteiger partial charge >= 0.3 is 5.97 Å². The molecule has 1 aromatic heterocycles. The quantitative estimate of drug-likeness (QED) is 0.773. The van der Waals surface area contributed by atoms with Crippen LogP contribution >= 0.6 is 0 Å². The summed E-state index contributed by atoms with van der Waals surface area (Å²) in [4.78, 5) is 10.2. The average molecular weight is 202 g/mol. The van der Waals surface area contributed by atoms with Crippen LogP contribution in [-0.2, 0) is 6.61 Å². The Morgan fingerprint density at radius 2 is 1.79 bits per heavy atom. The van der Waals surface area contributed by atoms with E-state index in [0.29, 0.717) is 0 Å². The van der Waals surface area contributed by atoms with Crippen LogP contribution < -0.4 is 0 Å². The van der Waals surface area contributed by atoms with Gasteiger partial charge in [-0.3, -0.25) is 0 Å². The number of aromatic carboxylic acids is 1. The molecular weight excluding hydrogens is 184 g/mol. The predicted octanol–water partition coefficient (Wildman–Crippen LogP) is 2.52. The smallest absolute Gasteiger partial charge is 0.371 e. The summed E-state index contributed by atoms with van der Waals surface area (Å²) in [5.74, 6) is -1.01. The van der Waals surface area contributed by atoms with Gasteiger partial charge in [-0.1, -0.05) is 27.7 Å². The van der Waals surface area contributed by atoms with Crippen LogP contribution in [0.1, 0.15) is 44.0 Å². The van der Waals surface area contributed by atoms with Crippen molar-refractivity contribution in [2.75, 3.05) is 0 Å². The molecule has 0 aliphatic rings. The number of rotatable bonds is 2. The molecule has 14 heavy (non-hydrogen) atoms. The van der Waals surface area contributed by atoms with Crippen molar-refractivity contribution in [1.82, 2.24) is 0 Å². The van der Waals surface area contributed by atoms with Gasteiger partial charge in [-0.15, -0.1) is 0 Å². The Kier molecular flexibility index (Phi) is 10.6. The second-order valence-electron chi connectivity index (χ2n) is 1.73. The summed E-state index contributed by atoms with van der Waals surface area (Å²) >= 11 is 0. The van der Waals surface area contributed by atoms with E-state index in [-0.39, 0.29) is 18.1 Å².